The van der Waals surface area contributed by atoms with Gasteiger partial charge in [0.2, 0.25) is 0 Å². The van der Waals surface area contributed by atoms with Gasteiger partial charge < -0.3 is 86.9 Å². The molecule has 0 spiro atoms. The summed E-state index contributed by atoms with van der Waals surface area (Å²) in [5, 5.41) is 38.0. The Labute approximate surface area is 689 Å². The van der Waals surface area contributed by atoms with Crippen LogP contribution < -0.4 is 64.3 Å². The average molecular weight is 1630 g/mol. The molecule has 674 valence electrons. The van der Waals surface area contributed by atoms with Crippen molar-refractivity contribution in [1.82, 2.24) is 41.8 Å². The topological polar surface area (TPSA) is 322 Å². The molecule has 0 saturated carbocycles. The number of aliphatic hydroxyl groups excluding tert-OH is 2. The first-order valence-electron chi connectivity index (χ1n) is 42.5. The minimum atomic E-state index is -2.05. The average Bonchev–Trinajstić information content (AvgIpc) is 0.882. The number of guanidine groups is 3. The van der Waals surface area contributed by atoms with Crippen LogP contribution in [0, 0.1) is 20.3 Å². The molecule has 0 heterocycles. The van der Waals surface area contributed by atoms with Crippen LogP contribution in [0.2, 0.25) is 25.2 Å². The second-order valence-electron chi connectivity index (χ2n) is 30.4. The molecule has 5 unspecified atom stereocenters. The second kappa shape index (κ2) is 86.9. The number of ether oxygens (including phenoxy) is 5. The van der Waals surface area contributed by atoms with E-state index in [9.17, 15) is 10.2 Å². The van der Waals surface area contributed by atoms with Gasteiger partial charge in [-0.25, -0.2) is 5.43 Å². The summed E-state index contributed by atoms with van der Waals surface area (Å²) in [6.07, 6.45) is 37.9. The minimum absolute atomic E-state index is 0. The lowest BCUT2D eigenvalue weighted by Gasteiger charge is -2.32. The standard InChI is InChI=1S/C52H114N10O6Si.C27H60N4O5Si.3CH4.2CH3/c1-10-52(11-2,46-68-44-48(4)60-51(61-54)58-36-28-20-18-16-14-12-13-15-17-19-25-33-55-5)45-67-43-47(3)59-50(53)57-35-27-22-24-30-38-62(37-29-23-21-26-34-56-6)42-49(63)32-40-66-39-31-41-69(9,64-7)65-8;1-7-8-9-10-13-18-31(19-14-11-12-17-29-27(28)30-25(2)24-33-3)23-26(32)16-21-36-20-15-22-37(6,34-4)35-5;;;;;/h47-49,55-56,63H,10-46,54H2,1-9H3,(H3,53,57,59)(H2,58,60,61);25-26,32H,7-24H2,1-6H3,(H3,28,29,30);3*1H4;2*1H3/q;;;;;2*-1/p+3. The van der Waals surface area contributed by atoms with Gasteiger partial charge in [-0.1, -0.05) is 152 Å². The van der Waals surface area contributed by atoms with E-state index in [0.29, 0.717) is 90.8 Å². The Morgan fingerprint density at radius 3 is 1.10 bits per heavy atom. The molecule has 25 nitrogen and oxygen atoms in total. The van der Waals surface area contributed by atoms with Crippen LogP contribution >= 0.6 is 0 Å². The van der Waals surface area contributed by atoms with Gasteiger partial charge >= 0.3 is 35.0 Å². The molecular weight excluding hydrogens is 1440 g/mol. The fourth-order valence-corrected chi connectivity index (χ4v) is 15.4. The Balaban J connectivity index is -0.000000438. The number of nitrogens with one attached hydrogen (secondary N) is 9. The molecule has 0 saturated heterocycles. The van der Waals surface area contributed by atoms with Gasteiger partial charge in [-0.3, -0.25) is 42.4 Å². The smallest absolute Gasteiger partial charge is 0.360 e. The Morgan fingerprint density at radius 1 is 0.432 bits per heavy atom. The number of rotatable bonds is 77. The first kappa shape index (κ1) is 122. The van der Waals surface area contributed by atoms with Gasteiger partial charge in [-0.15, -0.1) is 0 Å². The number of nitrogens with zero attached hydrogens (tertiary/aromatic N) is 2. The first-order chi connectivity index (χ1) is 51.2. The van der Waals surface area contributed by atoms with E-state index < -0.39 is 17.1 Å². The van der Waals surface area contributed by atoms with Gasteiger partial charge in [0.05, 0.1) is 83.0 Å². The molecule has 0 fully saturated rings. The summed E-state index contributed by atoms with van der Waals surface area (Å²) in [6.45, 7) is 32.9. The van der Waals surface area contributed by atoms with Crippen molar-refractivity contribution in [2.75, 3.05) is 181 Å². The van der Waals surface area contributed by atoms with E-state index in [1.807, 2.05) is 21.0 Å². The van der Waals surface area contributed by atoms with E-state index in [1.165, 1.54) is 122 Å². The zero-order valence-corrected chi connectivity index (χ0v) is 75.5. The van der Waals surface area contributed by atoms with Crippen molar-refractivity contribution < 1.29 is 66.6 Å². The normalized spacial score (nSPS) is 13.6. The Morgan fingerprint density at radius 2 is 0.757 bits per heavy atom. The predicted octanol–water partition coefficient (Wildman–Crippen LogP) is 8.53. The molecular formula is C84H195N14O11Si2+. The molecule has 0 bridgehead atoms. The number of hydrogen-bond donors (Lipinski definition) is 14. The van der Waals surface area contributed by atoms with Crippen LogP contribution in [-0.2, 0) is 41.4 Å². The lowest BCUT2D eigenvalue weighted by Crippen LogP contribution is -2.81. The van der Waals surface area contributed by atoms with E-state index in [4.69, 9.17) is 58.7 Å². The molecule has 0 aliphatic rings. The fraction of sp³-hybridized carbons (Fsp3) is 0.940. The number of aliphatic hydroxyl groups is 2. The minimum Gasteiger partial charge on any atom is -0.398 e. The maximum absolute atomic E-state index is 10.9. The van der Waals surface area contributed by atoms with E-state index in [2.05, 4.69) is 104 Å². The molecule has 0 aliphatic carbocycles. The van der Waals surface area contributed by atoms with Crippen molar-refractivity contribution in [2.24, 2.45) is 22.7 Å². The first-order valence-corrected chi connectivity index (χ1v) is 47.5. The summed E-state index contributed by atoms with van der Waals surface area (Å²) >= 11 is 0. The molecule has 0 aromatic carbocycles. The fourth-order valence-electron chi connectivity index (χ4n) is 12.6. The molecule has 111 heavy (non-hydrogen) atoms. The molecule has 17 N–H and O–H groups in total. The lowest BCUT2D eigenvalue weighted by atomic mass is 9.84. The quantitative estimate of drug-likeness (QED) is 0.00516. The third-order valence-corrected chi connectivity index (χ3v) is 26.3. The molecule has 0 aliphatic heterocycles. The van der Waals surface area contributed by atoms with Gasteiger partial charge in [-0.05, 0) is 202 Å². The van der Waals surface area contributed by atoms with Crippen LogP contribution in [0.25, 0.3) is 0 Å². The van der Waals surface area contributed by atoms with Crippen molar-refractivity contribution >= 4 is 35.0 Å². The van der Waals surface area contributed by atoms with Crippen molar-refractivity contribution in [3.05, 3.63) is 14.9 Å². The summed E-state index contributed by atoms with van der Waals surface area (Å²) in [6, 6.07) is 2.17. The number of unbranched alkanes of at least 4 members (excludes halogenated alkanes) is 22. The third-order valence-electron chi connectivity index (χ3n) is 20.3. The van der Waals surface area contributed by atoms with Crippen molar-refractivity contribution in [1.29, 1.82) is 0 Å². The SMILES string of the molecule is C.C.C.CCC(CC)(COCC(C)NC(N)=[NH+]CCCCCCN(CCCCCCNC)CC(O)CCOCCC[Si](C)(OC)OC)COCC(C)NC(NN)=[NH+]CCCCCCCCCCCCCNC.CCCCCCCN(CCCCC[NH+]=C(N)NC(C)COC)CC(O)CCOCCC[Si](C)(OC)OC.[CH3-].[CH3-]. The highest BCUT2D eigenvalue weighted by Crippen LogP contribution is 2.28. The highest BCUT2D eigenvalue weighted by atomic mass is 28.4. The van der Waals surface area contributed by atoms with E-state index >= 15 is 0 Å². The molecule has 27 heteroatoms. The Kier molecular flexibility index (Phi) is 95.4. The molecule has 0 amide bonds. The zero-order chi connectivity index (χ0) is 78.9. The van der Waals surface area contributed by atoms with Gasteiger partial charge in [0.25, 0.3) is 0 Å². The number of methoxy groups -OCH3 is 1. The maximum Gasteiger partial charge on any atom is 0.360 e. The number of hydrogen-bond acceptors (Lipinski definition) is 16. The van der Waals surface area contributed by atoms with Crippen LogP contribution in [0.3, 0.4) is 0 Å². The summed E-state index contributed by atoms with van der Waals surface area (Å²) < 4.78 is 51.5. The van der Waals surface area contributed by atoms with Gasteiger partial charge in [-0.2, -0.15) is 5.84 Å². The lowest BCUT2D eigenvalue weighted by molar-refractivity contribution is -0.463. The Bertz CT molecular complexity index is 1960. The monoisotopic (exact) mass is 1630 g/mol. The third kappa shape index (κ3) is 77.3. The van der Waals surface area contributed by atoms with Crippen LogP contribution in [0.4, 0.5) is 0 Å². The molecule has 0 aromatic heterocycles. The predicted molar refractivity (Wildman–Crippen MR) is 480 cm³/mol. The summed E-state index contributed by atoms with van der Waals surface area (Å²) in [5.41, 5.74) is 15.1. The highest BCUT2D eigenvalue weighted by molar-refractivity contribution is 6.66. The second-order valence-corrected chi connectivity index (χ2v) is 37.5. The Hall–Kier alpha value is -2.40. The van der Waals surface area contributed by atoms with Crippen molar-refractivity contribution in [2.45, 2.75) is 331 Å². The highest BCUT2D eigenvalue weighted by Gasteiger charge is 2.30. The van der Waals surface area contributed by atoms with Crippen LogP contribution in [0.15, 0.2) is 0 Å². The van der Waals surface area contributed by atoms with E-state index in [1.54, 1.807) is 35.5 Å². The number of nitrogens with two attached hydrogens (primary N) is 3. The van der Waals surface area contributed by atoms with Gasteiger partial charge in [0.15, 0.2) is 0 Å². The number of hydrazine groups is 1. The molecule has 0 aromatic rings. The van der Waals surface area contributed by atoms with Crippen molar-refractivity contribution in [3.8, 4) is 0 Å². The summed E-state index contributed by atoms with van der Waals surface area (Å²) in [4.78, 5) is 14.9. The zero-order valence-electron chi connectivity index (χ0n) is 73.5. The summed E-state index contributed by atoms with van der Waals surface area (Å²) in [5.74, 6) is 7.79. The van der Waals surface area contributed by atoms with E-state index in [0.717, 1.165) is 161 Å². The van der Waals surface area contributed by atoms with Crippen LogP contribution in [0.5, 0.6) is 0 Å². The van der Waals surface area contributed by atoms with E-state index in [-0.39, 0.29) is 72.9 Å². The van der Waals surface area contributed by atoms with Crippen LogP contribution in [-0.4, -0.2) is 266 Å². The summed E-state index contributed by atoms with van der Waals surface area (Å²) in [7, 11) is 8.56. The van der Waals surface area contributed by atoms with Gasteiger partial charge in [0.1, 0.15) is 0 Å². The van der Waals surface area contributed by atoms with Crippen LogP contribution in [0.1, 0.15) is 276 Å². The van der Waals surface area contributed by atoms with Crippen molar-refractivity contribution in [3.63, 3.8) is 0 Å². The molecule has 0 radical (unpaired) electrons. The maximum atomic E-state index is 10.9. The largest absolute Gasteiger partial charge is 0.398 e. The van der Waals surface area contributed by atoms with Gasteiger partial charge in [0, 0.05) is 80.5 Å². The molecule has 0 rings (SSSR count). The molecule has 5 atom stereocenters.